The standard InChI is InChI=1S/C26H32N4O5/c1-18-2-4-21(25(31)27-8-11-29-12-14-33-15-13-29)24(28-18)19-6-9-30(10-7-19)26(32)20-3-5-22-23(16-20)35-17-34-22/h2-5,16,19H,6-15,17H2,1H3,(H,27,31). The summed E-state index contributed by atoms with van der Waals surface area (Å²) < 4.78 is 16.1. The molecule has 0 unspecified atom stereocenters. The van der Waals surface area contributed by atoms with Crippen molar-refractivity contribution in [1.82, 2.24) is 20.1 Å². The van der Waals surface area contributed by atoms with Crippen LogP contribution < -0.4 is 14.8 Å². The van der Waals surface area contributed by atoms with E-state index in [0.29, 0.717) is 42.3 Å². The first-order valence-electron chi connectivity index (χ1n) is 12.3. The largest absolute Gasteiger partial charge is 0.454 e. The summed E-state index contributed by atoms with van der Waals surface area (Å²) in [4.78, 5) is 35.0. The molecule has 35 heavy (non-hydrogen) atoms. The molecule has 1 aromatic heterocycles. The Bertz CT molecular complexity index is 1080. The van der Waals surface area contributed by atoms with Gasteiger partial charge in [-0.1, -0.05) is 0 Å². The molecule has 0 atom stereocenters. The fourth-order valence-electron chi connectivity index (χ4n) is 4.90. The molecule has 0 saturated carbocycles. The molecule has 1 aromatic carbocycles. The number of ether oxygens (including phenoxy) is 3. The van der Waals surface area contributed by atoms with Gasteiger partial charge in [0.1, 0.15) is 0 Å². The number of carbonyl (C=O) groups is 2. The predicted octanol–water partition coefficient (Wildman–Crippen LogP) is 2.20. The number of benzene rings is 1. The normalized spacial score (nSPS) is 18.5. The molecule has 0 radical (unpaired) electrons. The summed E-state index contributed by atoms with van der Waals surface area (Å²) in [6.07, 6.45) is 1.53. The fraction of sp³-hybridized carbons (Fsp3) is 0.500. The Morgan fingerprint density at radius 3 is 2.60 bits per heavy atom. The minimum absolute atomic E-state index is 0.0139. The summed E-state index contributed by atoms with van der Waals surface area (Å²) in [6, 6.07) is 9.08. The predicted molar refractivity (Wildman–Crippen MR) is 129 cm³/mol. The first-order chi connectivity index (χ1) is 17.1. The summed E-state index contributed by atoms with van der Waals surface area (Å²) in [5.41, 5.74) is 2.97. The SMILES string of the molecule is Cc1ccc(C(=O)NCCN2CCOCC2)c(C2CCN(C(=O)c3ccc4c(c3)OCO4)CC2)n1. The lowest BCUT2D eigenvalue weighted by molar-refractivity contribution is 0.0383. The number of piperidine rings is 1. The number of aromatic nitrogens is 1. The molecule has 2 aromatic rings. The average molecular weight is 481 g/mol. The number of aryl methyl sites for hydroxylation is 1. The molecule has 186 valence electrons. The zero-order valence-electron chi connectivity index (χ0n) is 20.1. The van der Waals surface area contributed by atoms with Crippen LogP contribution in [0, 0.1) is 6.92 Å². The summed E-state index contributed by atoms with van der Waals surface area (Å²) in [5, 5.41) is 3.07. The summed E-state index contributed by atoms with van der Waals surface area (Å²) in [7, 11) is 0. The Hall–Kier alpha value is -3.17. The molecule has 9 heteroatoms. The third-order valence-corrected chi connectivity index (χ3v) is 6.91. The minimum atomic E-state index is -0.0837. The molecule has 0 bridgehead atoms. The second-order valence-corrected chi connectivity index (χ2v) is 9.23. The lowest BCUT2D eigenvalue weighted by Gasteiger charge is -2.32. The second kappa shape index (κ2) is 10.6. The molecule has 3 aliphatic heterocycles. The molecule has 2 fully saturated rings. The third-order valence-electron chi connectivity index (χ3n) is 6.91. The summed E-state index contributed by atoms with van der Waals surface area (Å²) in [5.74, 6) is 1.32. The molecule has 1 N–H and O–H groups in total. The Labute approximate surface area is 205 Å². The van der Waals surface area contributed by atoms with Gasteiger partial charge in [-0.15, -0.1) is 0 Å². The van der Waals surface area contributed by atoms with Crippen LogP contribution in [0.1, 0.15) is 50.9 Å². The van der Waals surface area contributed by atoms with Gasteiger partial charge in [0.15, 0.2) is 11.5 Å². The maximum atomic E-state index is 13.1. The van der Waals surface area contributed by atoms with Gasteiger partial charge in [0, 0.05) is 56.4 Å². The molecule has 0 aliphatic carbocycles. The number of hydrogen-bond acceptors (Lipinski definition) is 7. The lowest BCUT2D eigenvalue weighted by atomic mass is 9.89. The van der Waals surface area contributed by atoms with Crippen LogP contribution >= 0.6 is 0 Å². The topological polar surface area (TPSA) is 93.2 Å². The number of nitrogens with zero attached hydrogens (tertiary/aromatic N) is 3. The zero-order valence-corrected chi connectivity index (χ0v) is 20.1. The molecule has 2 amide bonds. The van der Waals surface area contributed by atoms with E-state index in [1.54, 1.807) is 18.2 Å². The molecule has 5 rings (SSSR count). The Morgan fingerprint density at radius 2 is 1.80 bits per heavy atom. The number of likely N-dealkylation sites (tertiary alicyclic amines) is 1. The first kappa shape index (κ1) is 23.6. The summed E-state index contributed by atoms with van der Waals surface area (Å²) in [6.45, 7) is 8.06. The number of pyridine rings is 1. The van der Waals surface area contributed by atoms with Gasteiger partial charge in [-0.05, 0) is 50.1 Å². The molecular weight excluding hydrogens is 448 g/mol. The number of carbonyl (C=O) groups excluding carboxylic acids is 2. The highest BCUT2D eigenvalue weighted by Crippen LogP contribution is 2.34. The van der Waals surface area contributed by atoms with Gasteiger partial charge >= 0.3 is 0 Å². The van der Waals surface area contributed by atoms with Crippen LogP contribution in [0.5, 0.6) is 11.5 Å². The lowest BCUT2D eigenvalue weighted by Crippen LogP contribution is -2.41. The number of morpholine rings is 1. The number of amides is 2. The van der Waals surface area contributed by atoms with E-state index in [2.05, 4.69) is 10.2 Å². The van der Waals surface area contributed by atoms with Gasteiger partial charge in [0.05, 0.1) is 24.5 Å². The molecule has 4 heterocycles. The van der Waals surface area contributed by atoms with E-state index in [0.717, 1.165) is 57.1 Å². The van der Waals surface area contributed by atoms with Crippen LogP contribution in [0.15, 0.2) is 30.3 Å². The molecule has 9 nitrogen and oxygen atoms in total. The number of fused-ring (bicyclic) bond motifs is 1. The Morgan fingerprint density at radius 1 is 1.03 bits per heavy atom. The van der Waals surface area contributed by atoms with Crippen molar-refractivity contribution in [3.8, 4) is 11.5 Å². The quantitative estimate of drug-likeness (QED) is 0.678. The average Bonchev–Trinajstić information content (AvgIpc) is 3.37. The maximum absolute atomic E-state index is 13.1. The van der Waals surface area contributed by atoms with Gasteiger partial charge < -0.3 is 24.4 Å². The van der Waals surface area contributed by atoms with E-state index in [9.17, 15) is 9.59 Å². The minimum Gasteiger partial charge on any atom is -0.454 e. The van der Waals surface area contributed by atoms with Crippen molar-refractivity contribution < 1.29 is 23.8 Å². The highest BCUT2D eigenvalue weighted by Gasteiger charge is 2.29. The molecule has 0 spiro atoms. The van der Waals surface area contributed by atoms with E-state index in [1.807, 2.05) is 24.0 Å². The van der Waals surface area contributed by atoms with E-state index >= 15 is 0 Å². The van der Waals surface area contributed by atoms with E-state index in [1.165, 1.54) is 0 Å². The zero-order chi connectivity index (χ0) is 24.2. The smallest absolute Gasteiger partial charge is 0.253 e. The van der Waals surface area contributed by atoms with Gasteiger partial charge in [-0.2, -0.15) is 0 Å². The highest BCUT2D eigenvalue weighted by atomic mass is 16.7. The van der Waals surface area contributed by atoms with Crippen molar-refractivity contribution in [3.63, 3.8) is 0 Å². The number of hydrogen-bond donors (Lipinski definition) is 1. The van der Waals surface area contributed by atoms with Crippen LogP contribution in [0.3, 0.4) is 0 Å². The van der Waals surface area contributed by atoms with Crippen molar-refractivity contribution in [2.75, 3.05) is 59.3 Å². The van der Waals surface area contributed by atoms with Crippen molar-refractivity contribution in [2.45, 2.75) is 25.7 Å². The van der Waals surface area contributed by atoms with Crippen molar-refractivity contribution in [3.05, 3.63) is 52.8 Å². The van der Waals surface area contributed by atoms with E-state index < -0.39 is 0 Å². The summed E-state index contributed by atoms with van der Waals surface area (Å²) >= 11 is 0. The first-order valence-corrected chi connectivity index (χ1v) is 12.3. The fourth-order valence-corrected chi connectivity index (χ4v) is 4.90. The van der Waals surface area contributed by atoms with Gasteiger partial charge in [0.2, 0.25) is 6.79 Å². The molecular formula is C26H32N4O5. The number of rotatable bonds is 6. The maximum Gasteiger partial charge on any atom is 0.253 e. The van der Waals surface area contributed by atoms with Crippen LogP contribution in [0.2, 0.25) is 0 Å². The monoisotopic (exact) mass is 480 g/mol. The van der Waals surface area contributed by atoms with Gasteiger partial charge in [-0.25, -0.2) is 0 Å². The van der Waals surface area contributed by atoms with Gasteiger partial charge in [-0.3, -0.25) is 19.5 Å². The highest BCUT2D eigenvalue weighted by molar-refractivity contribution is 5.96. The Balaban J connectivity index is 1.20. The molecule has 2 saturated heterocycles. The van der Waals surface area contributed by atoms with Crippen LogP contribution in [0.25, 0.3) is 0 Å². The second-order valence-electron chi connectivity index (χ2n) is 9.23. The van der Waals surface area contributed by atoms with Gasteiger partial charge in [0.25, 0.3) is 11.8 Å². The van der Waals surface area contributed by atoms with Crippen molar-refractivity contribution >= 4 is 11.8 Å². The number of nitrogens with one attached hydrogen (secondary N) is 1. The Kier molecular flexibility index (Phi) is 7.15. The van der Waals surface area contributed by atoms with Crippen LogP contribution in [-0.2, 0) is 4.74 Å². The van der Waals surface area contributed by atoms with E-state index in [-0.39, 0.29) is 24.5 Å². The van der Waals surface area contributed by atoms with Crippen molar-refractivity contribution in [1.29, 1.82) is 0 Å². The van der Waals surface area contributed by atoms with Crippen molar-refractivity contribution in [2.24, 2.45) is 0 Å². The van der Waals surface area contributed by atoms with Crippen LogP contribution in [0.4, 0.5) is 0 Å². The molecule has 3 aliphatic rings. The van der Waals surface area contributed by atoms with Crippen LogP contribution in [-0.4, -0.2) is 85.9 Å². The third kappa shape index (κ3) is 5.41. The van der Waals surface area contributed by atoms with E-state index in [4.69, 9.17) is 19.2 Å².